The van der Waals surface area contributed by atoms with E-state index in [-0.39, 0.29) is 23.2 Å². The summed E-state index contributed by atoms with van der Waals surface area (Å²) in [6, 6.07) is 2.14. The molecular formula is C20H27NO3. The number of ketones is 1. The van der Waals surface area contributed by atoms with Gasteiger partial charge < -0.3 is 10.2 Å². The molecule has 4 aliphatic rings. The average Bonchev–Trinajstić information content (AvgIpc) is 2.84. The molecule has 0 amide bonds. The minimum atomic E-state index is -0.860. The number of carbonyl (C=O) groups excluding carboxylic acids is 1. The Kier molecular flexibility index (Phi) is 3.34. The molecule has 1 unspecified atom stereocenters. The Morgan fingerprint density at radius 2 is 1.96 bits per heavy atom. The molecule has 0 aliphatic heterocycles. The molecule has 0 aromatic carbocycles. The van der Waals surface area contributed by atoms with Crippen molar-refractivity contribution in [1.29, 1.82) is 5.26 Å². The molecule has 0 bridgehead atoms. The van der Waals surface area contributed by atoms with Gasteiger partial charge in [0.2, 0.25) is 0 Å². The zero-order chi connectivity index (χ0) is 17.3. The van der Waals surface area contributed by atoms with Crippen LogP contribution in [0.5, 0.6) is 0 Å². The van der Waals surface area contributed by atoms with Crippen LogP contribution < -0.4 is 0 Å². The van der Waals surface area contributed by atoms with E-state index in [2.05, 4.69) is 19.9 Å². The van der Waals surface area contributed by atoms with Crippen LogP contribution in [0.25, 0.3) is 0 Å². The zero-order valence-electron chi connectivity index (χ0n) is 14.6. The monoisotopic (exact) mass is 329 g/mol. The standard InChI is InChI=1S/C20H27NO3/c1-18-7-8-20(24)15(14(18)5-6-17(18)23)4-3-13-9-16(22)12(11-21)10-19(13,20)2/h9,12,14-15,17,23-24H,3-8,10H2,1-2H3/t12?,14-,15-,17+,18-,19-,20+/m0/s1. The minimum Gasteiger partial charge on any atom is -0.393 e. The van der Waals surface area contributed by atoms with E-state index in [9.17, 15) is 20.3 Å². The molecule has 130 valence electrons. The van der Waals surface area contributed by atoms with Gasteiger partial charge >= 0.3 is 0 Å². The highest BCUT2D eigenvalue weighted by Gasteiger charge is 2.66. The van der Waals surface area contributed by atoms with E-state index in [0.717, 1.165) is 37.7 Å². The molecule has 0 aromatic heterocycles. The molecule has 0 saturated heterocycles. The Hall–Kier alpha value is -1.18. The van der Waals surface area contributed by atoms with Crippen molar-refractivity contribution in [3.63, 3.8) is 0 Å². The van der Waals surface area contributed by atoms with Gasteiger partial charge in [-0.2, -0.15) is 5.26 Å². The van der Waals surface area contributed by atoms with Gasteiger partial charge in [-0.1, -0.05) is 19.4 Å². The Balaban J connectivity index is 1.77. The molecule has 7 atom stereocenters. The SMILES string of the molecule is C[C@]12CC[C@@]3(O)[C@@H](CCC4=CC(=O)C(C#N)C[C@@]43C)[C@@H]1CC[C@H]2O. The highest BCUT2D eigenvalue weighted by molar-refractivity contribution is 5.95. The topological polar surface area (TPSA) is 81.3 Å². The number of hydrogen-bond acceptors (Lipinski definition) is 4. The third-order valence-corrected chi connectivity index (χ3v) is 8.32. The number of nitriles is 1. The highest BCUT2D eigenvalue weighted by atomic mass is 16.3. The van der Waals surface area contributed by atoms with Crippen molar-refractivity contribution in [2.45, 2.75) is 70.5 Å². The number of rotatable bonds is 0. The number of nitrogens with zero attached hydrogens (tertiary/aromatic N) is 1. The van der Waals surface area contributed by atoms with E-state index in [4.69, 9.17) is 0 Å². The van der Waals surface area contributed by atoms with Gasteiger partial charge in [-0.25, -0.2) is 0 Å². The number of aliphatic hydroxyl groups is 2. The number of carbonyl (C=O) groups is 1. The zero-order valence-corrected chi connectivity index (χ0v) is 14.6. The van der Waals surface area contributed by atoms with Gasteiger partial charge in [0.15, 0.2) is 5.78 Å². The molecule has 3 saturated carbocycles. The summed E-state index contributed by atoms with van der Waals surface area (Å²) in [5.74, 6) is -0.237. The molecule has 0 spiro atoms. The average molecular weight is 329 g/mol. The summed E-state index contributed by atoms with van der Waals surface area (Å²) in [6.07, 6.45) is 6.81. The normalized spacial score (nSPS) is 53.5. The van der Waals surface area contributed by atoms with Crippen LogP contribution >= 0.6 is 0 Å². The molecule has 0 heterocycles. The van der Waals surface area contributed by atoms with E-state index < -0.39 is 16.9 Å². The van der Waals surface area contributed by atoms with Gasteiger partial charge in [0, 0.05) is 5.41 Å². The second kappa shape index (κ2) is 4.93. The summed E-state index contributed by atoms with van der Waals surface area (Å²) in [5.41, 5.74) is -0.395. The highest BCUT2D eigenvalue weighted by Crippen LogP contribution is 2.67. The lowest BCUT2D eigenvalue weighted by atomic mass is 9.44. The van der Waals surface area contributed by atoms with Crippen molar-refractivity contribution >= 4 is 5.78 Å². The van der Waals surface area contributed by atoms with Gasteiger partial charge in [-0.05, 0) is 68.3 Å². The number of hydrogen-bond donors (Lipinski definition) is 2. The van der Waals surface area contributed by atoms with Gasteiger partial charge in [0.1, 0.15) is 5.92 Å². The maximum absolute atomic E-state index is 12.1. The van der Waals surface area contributed by atoms with Crippen LogP contribution in [0.3, 0.4) is 0 Å². The predicted molar refractivity (Wildman–Crippen MR) is 88.7 cm³/mol. The van der Waals surface area contributed by atoms with Crippen molar-refractivity contribution in [2.75, 3.05) is 0 Å². The van der Waals surface area contributed by atoms with Crippen molar-refractivity contribution in [2.24, 2.45) is 28.6 Å². The fraction of sp³-hybridized carbons (Fsp3) is 0.800. The second-order valence-electron chi connectivity index (χ2n) is 9.06. The van der Waals surface area contributed by atoms with Crippen LogP contribution in [0, 0.1) is 39.9 Å². The Morgan fingerprint density at radius 1 is 1.21 bits per heavy atom. The van der Waals surface area contributed by atoms with E-state index in [1.54, 1.807) is 6.08 Å². The maximum Gasteiger partial charge on any atom is 0.172 e. The lowest BCUT2D eigenvalue weighted by molar-refractivity contribution is -0.197. The third kappa shape index (κ3) is 1.78. The fourth-order valence-corrected chi connectivity index (χ4v) is 6.65. The fourth-order valence-electron chi connectivity index (χ4n) is 6.65. The quantitative estimate of drug-likeness (QED) is 0.716. The molecule has 4 rings (SSSR count). The summed E-state index contributed by atoms with van der Waals surface area (Å²) in [7, 11) is 0. The van der Waals surface area contributed by atoms with E-state index >= 15 is 0 Å². The first-order valence-electron chi connectivity index (χ1n) is 9.31. The molecule has 3 fully saturated rings. The van der Waals surface area contributed by atoms with E-state index in [0.29, 0.717) is 18.8 Å². The van der Waals surface area contributed by atoms with Crippen LogP contribution in [0.2, 0.25) is 0 Å². The molecule has 0 radical (unpaired) electrons. The Morgan fingerprint density at radius 3 is 2.67 bits per heavy atom. The Bertz CT molecular complexity index is 664. The van der Waals surface area contributed by atoms with Gasteiger partial charge in [-0.3, -0.25) is 4.79 Å². The van der Waals surface area contributed by atoms with Crippen molar-refractivity contribution in [3.05, 3.63) is 11.6 Å². The molecule has 4 aliphatic carbocycles. The summed E-state index contributed by atoms with van der Waals surface area (Å²) in [5, 5.41) is 31.7. The third-order valence-electron chi connectivity index (χ3n) is 8.32. The van der Waals surface area contributed by atoms with E-state index in [1.807, 2.05) is 0 Å². The Labute approximate surface area is 143 Å². The van der Waals surface area contributed by atoms with Crippen LogP contribution in [0.4, 0.5) is 0 Å². The van der Waals surface area contributed by atoms with Crippen LogP contribution in [0.15, 0.2) is 11.6 Å². The number of fused-ring (bicyclic) bond motifs is 5. The lowest BCUT2D eigenvalue weighted by Gasteiger charge is -2.62. The van der Waals surface area contributed by atoms with Gasteiger partial charge in [0.05, 0.1) is 17.8 Å². The van der Waals surface area contributed by atoms with Crippen molar-refractivity contribution < 1.29 is 15.0 Å². The predicted octanol–water partition coefficient (Wildman–Crippen LogP) is 2.74. The van der Waals surface area contributed by atoms with Crippen molar-refractivity contribution in [1.82, 2.24) is 0 Å². The first kappa shape index (κ1) is 16.3. The summed E-state index contributed by atoms with van der Waals surface area (Å²) in [6.45, 7) is 4.25. The number of aliphatic hydroxyl groups excluding tert-OH is 1. The molecule has 2 N–H and O–H groups in total. The summed E-state index contributed by atoms with van der Waals surface area (Å²) < 4.78 is 0. The van der Waals surface area contributed by atoms with Crippen LogP contribution in [0.1, 0.15) is 58.8 Å². The van der Waals surface area contributed by atoms with Crippen molar-refractivity contribution in [3.8, 4) is 6.07 Å². The molecule has 24 heavy (non-hydrogen) atoms. The van der Waals surface area contributed by atoms with Gasteiger partial charge in [0.25, 0.3) is 0 Å². The molecular weight excluding hydrogens is 302 g/mol. The van der Waals surface area contributed by atoms with Gasteiger partial charge in [-0.15, -0.1) is 0 Å². The minimum absolute atomic E-state index is 0.0897. The maximum atomic E-state index is 12.1. The largest absolute Gasteiger partial charge is 0.393 e. The summed E-state index contributed by atoms with van der Waals surface area (Å²) >= 11 is 0. The van der Waals surface area contributed by atoms with E-state index in [1.165, 1.54) is 0 Å². The molecule has 4 heteroatoms. The summed E-state index contributed by atoms with van der Waals surface area (Å²) in [4.78, 5) is 12.1. The first-order chi connectivity index (χ1) is 11.3. The first-order valence-corrected chi connectivity index (χ1v) is 9.31. The molecule has 0 aromatic rings. The van der Waals surface area contributed by atoms with Crippen LogP contribution in [-0.4, -0.2) is 27.7 Å². The molecule has 4 nitrogen and oxygen atoms in total. The lowest BCUT2D eigenvalue weighted by Crippen LogP contribution is -2.64. The van der Waals surface area contributed by atoms with Crippen LogP contribution in [-0.2, 0) is 4.79 Å². The smallest absolute Gasteiger partial charge is 0.172 e. The second-order valence-corrected chi connectivity index (χ2v) is 9.06.